The Bertz CT molecular complexity index is 619. The van der Waals surface area contributed by atoms with E-state index in [1.807, 2.05) is 0 Å². The lowest BCUT2D eigenvalue weighted by atomic mass is 9.95. The molecule has 3 nitrogen and oxygen atoms in total. The minimum absolute atomic E-state index is 0.600. The van der Waals surface area contributed by atoms with Crippen LogP contribution in [0, 0.1) is 6.92 Å². The Kier molecular flexibility index (Phi) is 3.25. The molecule has 0 atom stereocenters. The van der Waals surface area contributed by atoms with E-state index in [1.54, 1.807) is 0 Å². The van der Waals surface area contributed by atoms with E-state index in [0.717, 1.165) is 31.6 Å². The Balaban J connectivity index is 2.26. The first-order valence-corrected chi connectivity index (χ1v) is 7.07. The standard InChI is InChI=1S/C16H21N3/c1-3-19-8-7-15-14(10-19)13(9-17)12-6-4-5-11(2)16(12)18-15/h4-6H,3,7-10,17H2,1-2H3. The summed E-state index contributed by atoms with van der Waals surface area (Å²) in [5, 5.41) is 1.24. The van der Waals surface area contributed by atoms with Gasteiger partial charge in [-0.1, -0.05) is 25.1 Å². The maximum Gasteiger partial charge on any atom is 0.0737 e. The van der Waals surface area contributed by atoms with Gasteiger partial charge in [-0.05, 0) is 30.2 Å². The summed E-state index contributed by atoms with van der Waals surface area (Å²) >= 11 is 0. The Morgan fingerprint density at radius 2 is 2.21 bits per heavy atom. The molecule has 0 amide bonds. The van der Waals surface area contributed by atoms with Crippen molar-refractivity contribution >= 4 is 10.9 Å². The van der Waals surface area contributed by atoms with Crippen molar-refractivity contribution in [1.82, 2.24) is 9.88 Å². The second-order valence-electron chi connectivity index (χ2n) is 5.31. The highest BCUT2D eigenvalue weighted by Gasteiger charge is 2.21. The first-order chi connectivity index (χ1) is 9.24. The number of hydrogen-bond donors (Lipinski definition) is 1. The number of hydrogen-bond acceptors (Lipinski definition) is 3. The molecule has 0 unspecified atom stereocenters. The van der Waals surface area contributed by atoms with Gasteiger partial charge < -0.3 is 5.73 Å². The van der Waals surface area contributed by atoms with E-state index in [4.69, 9.17) is 10.7 Å². The van der Waals surface area contributed by atoms with Gasteiger partial charge in [0.15, 0.2) is 0 Å². The van der Waals surface area contributed by atoms with Crippen molar-refractivity contribution in [2.75, 3.05) is 13.1 Å². The number of nitrogens with zero attached hydrogens (tertiary/aromatic N) is 2. The highest BCUT2D eigenvalue weighted by molar-refractivity contribution is 5.86. The molecule has 0 radical (unpaired) electrons. The van der Waals surface area contributed by atoms with Crippen molar-refractivity contribution in [2.45, 2.75) is 33.4 Å². The summed E-state index contributed by atoms with van der Waals surface area (Å²) in [7, 11) is 0. The molecule has 0 bridgehead atoms. The van der Waals surface area contributed by atoms with Crippen LogP contribution in [-0.4, -0.2) is 23.0 Å². The van der Waals surface area contributed by atoms with Crippen LogP contribution in [0.15, 0.2) is 18.2 Å². The number of benzene rings is 1. The average Bonchev–Trinajstić information content (AvgIpc) is 2.45. The lowest BCUT2D eigenvalue weighted by molar-refractivity contribution is 0.265. The van der Waals surface area contributed by atoms with Gasteiger partial charge >= 0.3 is 0 Å². The molecular formula is C16H21N3. The molecule has 1 aliphatic heterocycles. The summed E-state index contributed by atoms with van der Waals surface area (Å²) in [6.07, 6.45) is 1.04. The zero-order valence-electron chi connectivity index (χ0n) is 11.7. The van der Waals surface area contributed by atoms with Crippen molar-refractivity contribution in [2.24, 2.45) is 5.73 Å². The SMILES string of the molecule is CCN1CCc2nc3c(C)cccc3c(CN)c2C1. The molecule has 2 heterocycles. The fourth-order valence-corrected chi connectivity index (χ4v) is 3.05. The molecule has 1 aromatic heterocycles. The number of pyridine rings is 1. The van der Waals surface area contributed by atoms with Gasteiger partial charge in [0.05, 0.1) is 5.52 Å². The van der Waals surface area contributed by atoms with Gasteiger partial charge in [0.1, 0.15) is 0 Å². The molecule has 1 aromatic carbocycles. The molecule has 2 N–H and O–H groups in total. The quantitative estimate of drug-likeness (QED) is 0.896. The fourth-order valence-electron chi connectivity index (χ4n) is 3.05. The van der Waals surface area contributed by atoms with E-state index in [2.05, 4.69) is 36.9 Å². The Morgan fingerprint density at radius 1 is 1.37 bits per heavy atom. The summed E-state index contributed by atoms with van der Waals surface area (Å²) in [5.41, 5.74) is 12.3. The van der Waals surface area contributed by atoms with E-state index in [9.17, 15) is 0 Å². The van der Waals surface area contributed by atoms with Crippen LogP contribution in [0.2, 0.25) is 0 Å². The van der Waals surface area contributed by atoms with Crippen LogP contribution in [0.3, 0.4) is 0 Å². The number of fused-ring (bicyclic) bond motifs is 2. The summed E-state index contributed by atoms with van der Waals surface area (Å²) in [6.45, 7) is 8.14. The van der Waals surface area contributed by atoms with Crippen molar-refractivity contribution < 1.29 is 0 Å². The molecule has 2 aromatic rings. The minimum atomic E-state index is 0.600. The van der Waals surface area contributed by atoms with Crippen molar-refractivity contribution in [3.8, 4) is 0 Å². The van der Waals surface area contributed by atoms with Crippen molar-refractivity contribution in [3.63, 3.8) is 0 Å². The molecule has 100 valence electrons. The highest BCUT2D eigenvalue weighted by atomic mass is 15.1. The largest absolute Gasteiger partial charge is 0.326 e. The van der Waals surface area contributed by atoms with Crippen molar-refractivity contribution in [3.05, 3.63) is 40.6 Å². The maximum absolute atomic E-state index is 6.03. The molecule has 3 rings (SSSR count). The van der Waals surface area contributed by atoms with E-state index < -0.39 is 0 Å². The monoisotopic (exact) mass is 255 g/mol. The average molecular weight is 255 g/mol. The van der Waals surface area contributed by atoms with Gasteiger partial charge in [0, 0.05) is 37.1 Å². The van der Waals surface area contributed by atoms with E-state index in [-0.39, 0.29) is 0 Å². The summed E-state index contributed by atoms with van der Waals surface area (Å²) in [6, 6.07) is 6.39. The molecule has 0 spiro atoms. The van der Waals surface area contributed by atoms with Crippen LogP contribution in [0.25, 0.3) is 10.9 Å². The van der Waals surface area contributed by atoms with E-state index in [0.29, 0.717) is 6.54 Å². The van der Waals surface area contributed by atoms with Crippen LogP contribution >= 0.6 is 0 Å². The number of aryl methyl sites for hydroxylation is 1. The third-order valence-electron chi connectivity index (χ3n) is 4.22. The number of likely N-dealkylation sites (N-methyl/N-ethyl adjacent to an activating group) is 1. The predicted octanol–water partition coefficient (Wildman–Crippen LogP) is 2.38. The Labute approximate surface area is 114 Å². The predicted molar refractivity (Wildman–Crippen MR) is 79.0 cm³/mol. The first kappa shape index (κ1) is 12.6. The molecule has 0 fully saturated rings. The lowest BCUT2D eigenvalue weighted by Crippen LogP contribution is -2.32. The second-order valence-corrected chi connectivity index (χ2v) is 5.31. The Hall–Kier alpha value is -1.45. The fraction of sp³-hybridized carbons (Fsp3) is 0.438. The van der Waals surface area contributed by atoms with Gasteiger partial charge in [0.25, 0.3) is 0 Å². The Morgan fingerprint density at radius 3 is 2.95 bits per heavy atom. The first-order valence-electron chi connectivity index (χ1n) is 7.07. The normalized spacial score (nSPS) is 15.7. The van der Waals surface area contributed by atoms with Gasteiger partial charge in [-0.3, -0.25) is 9.88 Å². The summed E-state index contributed by atoms with van der Waals surface area (Å²) < 4.78 is 0. The van der Waals surface area contributed by atoms with Gasteiger partial charge in [0.2, 0.25) is 0 Å². The second kappa shape index (κ2) is 4.91. The van der Waals surface area contributed by atoms with Gasteiger partial charge in [-0.15, -0.1) is 0 Å². The van der Waals surface area contributed by atoms with E-state index >= 15 is 0 Å². The summed E-state index contributed by atoms with van der Waals surface area (Å²) in [4.78, 5) is 7.37. The van der Waals surface area contributed by atoms with Gasteiger partial charge in [-0.25, -0.2) is 0 Å². The molecule has 1 aliphatic rings. The van der Waals surface area contributed by atoms with Crippen molar-refractivity contribution in [1.29, 1.82) is 0 Å². The molecule has 3 heteroatoms. The van der Waals surface area contributed by atoms with Crippen LogP contribution in [0.1, 0.15) is 29.3 Å². The summed E-state index contributed by atoms with van der Waals surface area (Å²) in [5.74, 6) is 0. The molecule has 0 saturated carbocycles. The smallest absolute Gasteiger partial charge is 0.0737 e. The molecule has 0 saturated heterocycles. The van der Waals surface area contributed by atoms with E-state index in [1.165, 1.54) is 27.8 Å². The third-order valence-corrected chi connectivity index (χ3v) is 4.22. The topological polar surface area (TPSA) is 42.2 Å². The van der Waals surface area contributed by atoms with Gasteiger partial charge in [-0.2, -0.15) is 0 Å². The highest BCUT2D eigenvalue weighted by Crippen LogP contribution is 2.29. The maximum atomic E-state index is 6.03. The van der Waals surface area contributed by atoms with Crippen LogP contribution < -0.4 is 5.73 Å². The molecule has 0 aliphatic carbocycles. The lowest BCUT2D eigenvalue weighted by Gasteiger charge is -2.29. The zero-order chi connectivity index (χ0) is 13.4. The number of rotatable bonds is 2. The number of nitrogens with two attached hydrogens (primary N) is 1. The number of para-hydroxylation sites is 1. The molecular weight excluding hydrogens is 234 g/mol. The van der Waals surface area contributed by atoms with Crippen LogP contribution in [0.5, 0.6) is 0 Å². The minimum Gasteiger partial charge on any atom is -0.326 e. The zero-order valence-corrected chi connectivity index (χ0v) is 11.7. The van der Waals surface area contributed by atoms with Crippen LogP contribution in [0.4, 0.5) is 0 Å². The van der Waals surface area contributed by atoms with Crippen LogP contribution in [-0.2, 0) is 19.5 Å². The number of aromatic nitrogens is 1. The third kappa shape index (κ3) is 2.03. The molecule has 19 heavy (non-hydrogen) atoms.